The molecule has 0 spiro atoms. The highest BCUT2D eigenvalue weighted by Crippen LogP contribution is 2.44. The van der Waals surface area contributed by atoms with E-state index >= 15 is 0 Å². The van der Waals surface area contributed by atoms with Crippen LogP contribution in [-0.2, 0) is 11.3 Å². The molecular formula is C19H25N5O. The van der Waals surface area contributed by atoms with Crippen molar-refractivity contribution in [1.29, 1.82) is 0 Å². The van der Waals surface area contributed by atoms with Gasteiger partial charge >= 0.3 is 0 Å². The van der Waals surface area contributed by atoms with Gasteiger partial charge in [-0.15, -0.1) is 10.2 Å². The molecule has 2 atom stereocenters. The molecule has 1 saturated heterocycles. The Balaban J connectivity index is 1.57. The molecule has 6 heteroatoms. The number of hydrogen-bond donors (Lipinski definition) is 2. The monoisotopic (exact) mass is 339 g/mol. The second kappa shape index (κ2) is 6.59. The Kier molecular flexibility index (Phi) is 4.29. The summed E-state index contributed by atoms with van der Waals surface area (Å²) in [5.74, 6) is 1.46. The molecule has 132 valence electrons. The summed E-state index contributed by atoms with van der Waals surface area (Å²) in [6.45, 7) is 4.64. The number of rotatable bonds is 4. The zero-order valence-corrected chi connectivity index (χ0v) is 14.7. The van der Waals surface area contributed by atoms with E-state index in [1.807, 2.05) is 28.8 Å². The molecule has 25 heavy (non-hydrogen) atoms. The first-order valence-corrected chi connectivity index (χ1v) is 9.23. The normalized spacial score (nSPS) is 25.6. The highest BCUT2D eigenvalue weighted by atomic mass is 16.2. The fourth-order valence-corrected chi connectivity index (χ4v) is 4.39. The number of nitrogens with one attached hydrogen (secondary N) is 2. The van der Waals surface area contributed by atoms with E-state index in [4.69, 9.17) is 0 Å². The molecule has 4 rings (SSSR count). The highest BCUT2D eigenvalue weighted by Gasteiger charge is 2.49. The fraction of sp³-hybridized carbons (Fsp3) is 0.526. The van der Waals surface area contributed by atoms with Crippen molar-refractivity contribution in [2.45, 2.75) is 39.2 Å². The maximum atomic E-state index is 13.1. The number of anilines is 1. The van der Waals surface area contributed by atoms with Crippen molar-refractivity contribution in [3.05, 3.63) is 30.6 Å². The molecule has 0 radical (unpaired) electrons. The van der Waals surface area contributed by atoms with E-state index < -0.39 is 0 Å². The summed E-state index contributed by atoms with van der Waals surface area (Å²) in [4.78, 5) is 13.1. The topological polar surface area (TPSA) is 71.8 Å². The van der Waals surface area contributed by atoms with Crippen LogP contribution in [0.25, 0.3) is 11.4 Å². The quantitative estimate of drug-likeness (QED) is 0.898. The number of carbonyl (C=O) groups excluding carboxylic acids is 1. The maximum Gasteiger partial charge on any atom is 0.232 e. The minimum absolute atomic E-state index is 0.163. The first-order valence-electron chi connectivity index (χ1n) is 9.23. The summed E-state index contributed by atoms with van der Waals surface area (Å²) in [5.41, 5.74) is 1.57. The van der Waals surface area contributed by atoms with Crippen molar-refractivity contribution in [3.8, 4) is 11.4 Å². The average molecular weight is 339 g/mol. The van der Waals surface area contributed by atoms with Gasteiger partial charge in [-0.05, 0) is 44.4 Å². The Hall–Kier alpha value is -2.21. The van der Waals surface area contributed by atoms with Gasteiger partial charge in [-0.25, -0.2) is 0 Å². The predicted octanol–water partition coefficient (Wildman–Crippen LogP) is 2.68. The smallest absolute Gasteiger partial charge is 0.232 e. The minimum Gasteiger partial charge on any atom is -0.326 e. The molecule has 1 aromatic carbocycles. The van der Waals surface area contributed by atoms with Gasteiger partial charge in [-0.2, -0.15) is 0 Å². The maximum absolute atomic E-state index is 13.1. The lowest BCUT2D eigenvalue weighted by Crippen LogP contribution is -2.44. The molecule has 2 fully saturated rings. The Morgan fingerprint density at radius 2 is 2.36 bits per heavy atom. The lowest BCUT2D eigenvalue weighted by molar-refractivity contribution is -0.128. The van der Waals surface area contributed by atoms with Crippen LogP contribution in [0.4, 0.5) is 5.69 Å². The molecule has 6 nitrogen and oxygen atoms in total. The van der Waals surface area contributed by atoms with E-state index in [1.165, 1.54) is 6.42 Å². The SMILES string of the molecule is CCn1cnnc1-c1cccc(NC(=O)[C@@]23CCCC[C@H]2CNC3)c1. The third kappa shape index (κ3) is 2.84. The number of carbonyl (C=O) groups is 1. The van der Waals surface area contributed by atoms with Crippen LogP contribution in [0.1, 0.15) is 32.6 Å². The largest absolute Gasteiger partial charge is 0.326 e. The molecule has 0 unspecified atom stereocenters. The van der Waals surface area contributed by atoms with Gasteiger partial charge in [0.25, 0.3) is 0 Å². The van der Waals surface area contributed by atoms with Crippen molar-refractivity contribution in [1.82, 2.24) is 20.1 Å². The molecule has 0 bridgehead atoms. The minimum atomic E-state index is -0.238. The molecule has 1 aliphatic heterocycles. The van der Waals surface area contributed by atoms with Gasteiger partial charge in [-0.1, -0.05) is 25.0 Å². The highest BCUT2D eigenvalue weighted by molar-refractivity contribution is 5.96. The number of benzene rings is 1. The zero-order valence-electron chi connectivity index (χ0n) is 14.7. The van der Waals surface area contributed by atoms with Crippen molar-refractivity contribution in [3.63, 3.8) is 0 Å². The Labute approximate surface area is 148 Å². The van der Waals surface area contributed by atoms with Crippen LogP contribution in [0, 0.1) is 11.3 Å². The zero-order chi connectivity index (χ0) is 17.3. The van der Waals surface area contributed by atoms with Crippen LogP contribution in [0.3, 0.4) is 0 Å². The van der Waals surface area contributed by atoms with E-state index in [9.17, 15) is 4.79 Å². The first-order chi connectivity index (χ1) is 12.2. The number of fused-ring (bicyclic) bond motifs is 1. The van der Waals surface area contributed by atoms with Crippen molar-refractivity contribution >= 4 is 11.6 Å². The van der Waals surface area contributed by atoms with Gasteiger partial charge in [0.2, 0.25) is 5.91 Å². The molecule has 1 aliphatic carbocycles. The number of aromatic nitrogens is 3. The number of aryl methyl sites for hydroxylation is 1. The van der Waals surface area contributed by atoms with E-state index in [2.05, 4.69) is 27.8 Å². The first kappa shape index (κ1) is 16.3. The Bertz CT molecular complexity index is 771. The summed E-state index contributed by atoms with van der Waals surface area (Å²) in [7, 11) is 0. The van der Waals surface area contributed by atoms with Crippen molar-refractivity contribution < 1.29 is 4.79 Å². The van der Waals surface area contributed by atoms with E-state index in [-0.39, 0.29) is 11.3 Å². The summed E-state index contributed by atoms with van der Waals surface area (Å²) in [6.07, 6.45) is 6.26. The average Bonchev–Trinajstić information content (AvgIpc) is 3.29. The third-order valence-corrected chi connectivity index (χ3v) is 5.83. The van der Waals surface area contributed by atoms with Crippen LogP contribution >= 0.6 is 0 Å². The van der Waals surface area contributed by atoms with Gasteiger partial charge in [0.15, 0.2) is 5.82 Å². The van der Waals surface area contributed by atoms with Gasteiger partial charge in [0.05, 0.1) is 5.41 Å². The number of amides is 1. The molecule has 2 aromatic rings. The van der Waals surface area contributed by atoms with Crippen LogP contribution in [0.15, 0.2) is 30.6 Å². The number of hydrogen-bond acceptors (Lipinski definition) is 4. The second-order valence-corrected chi connectivity index (χ2v) is 7.21. The summed E-state index contributed by atoms with van der Waals surface area (Å²) < 4.78 is 2.00. The standard InChI is InChI=1S/C19H25N5O/c1-2-24-13-21-23-17(24)14-6-5-8-16(10-14)22-18(25)19-9-4-3-7-15(19)11-20-12-19/h5-6,8,10,13,15,20H,2-4,7,9,11-12H2,1H3,(H,22,25)/t15-,19+/m0/s1. The van der Waals surface area contributed by atoms with Gasteiger partial charge in [0.1, 0.15) is 6.33 Å². The molecule has 2 heterocycles. The van der Waals surface area contributed by atoms with E-state index in [1.54, 1.807) is 6.33 Å². The Morgan fingerprint density at radius 3 is 3.24 bits per heavy atom. The van der Waals surface area contributed by atoms with Crippen LogP contribution in [0.5, 0.6) is 0 Å². The molecule has 1 saturated carbocycles. The van der Waals surface area contributed by atoms with Gasteiger partial charge in [-0.3, -0.25) is 4.79 Å². The van der Waals surface area contributed by atoms with Gasteiger partial charge in [0, 0.05) is 24.3 Å². The summed E-state index contributed by atoms with van der Waals surface area (Å²) in [6, 6.07) is 7.91. The van der Waals surface area contributed by atoms with Crippen LogP contribution in [0.2, 0.25) is 0 Å². The lowest BCUT2D eigenvalue weighted by atomic mass is 9.67. The third-order valence-electron chi connectivity index (χ3n) is 5.83. The summed E-state index contributed by atoms with van der Waals surface area (Å²) >= 11 is 0. The Morgan fingerprint density at radius 1 is 1.44 bits per heavy atom. The van der Waals surface area contributed by atoms with Crippen molar-refractivity contribution in [2.24, 2.45) is 11.3 Å². The molecule has 2 N–H and O–H groups in total. The molecule has 1 amide bonds. The molecule has 2 aliphatic rings. The van der Waals surface area contributed by atoms with Gasteiger partial charge < -0.3 is 15.2 Å². The predicted molar refractivity (Wildman–Crippen MR) is 97.0 cm³/mol. The van der Waals surface area contributed by atoms with E-state index in [0.717, 1.165) is 56.0 Å². The fourth-order valence-electron chi connectivity index (χ4n) is 4.39. The lowest BCUT2D eigenvalue weighted by Gasteiger charge is -2.37. The number of nitrogens with zero attached hydrogens (tertiary/aromatic N) is 3. The molecule has 1 aromatic heterocycles. The van der Waals surface area contributed by atoms with Crippen molar-refractivity contribution in [2.75, 3.05) is 18.4 Å². The van der Waals surface area contributed by atoms with Crippen LogP contribution in [-0.4, -0.2) is 33.8 Å². The summed E-state index contributed by atoms with van der Waals surface area (Å²) in [5, 5.41) is 14.8. The molecular weight excluding hydrogens is 314 g/mol. The van der Waals surface area contributed by atoms with E-state index in [0.29, 0.717) is 5.92 Å². The van der Waals surface area contributed by atoms with Crippen LogP contribution < -0.4 is 10.6 Å². The second-order valence-electron chi connectivity index (χ2n) is 7.21.